The second-order valence-corrected chi connectivity index (χ2v) is 18.9. The second kappa shape index (κ2) is 21.7. The molecule has 0 aliphatic heterocycles. The van der Waals surface area contributed by atoms with E-state index in [2.05, 4.69) is 17.4 Å². The number of ether oxygens (including phenoxy) is 2. The molecule has 0 spiro atoms. The molecule has 0 saturated heterocycles. The number of hydrogen-bond donors (Lipinski definition) is 1. The lowest BCUT2D eigenvalue weighted by Gasteiger charge is -2.40. The highest BCUT2D eigenvalue weighted by atomic mass is 35.5. The molecule has 4 amide bonds. The van der Waals surface area contributed by atoms with Crippen LogP contribution in [0.4, 0.5) is 4.79 Å². The van der Waals surface area contributed by atoms with Crippen molar-refractivity contribution in [1.82, 2.24) is 20.0 Å². The predicted molar refractivity (Wildman–Crippen MR) is 265 cm³/mol. The lowest BCUT2D eigenvalue weighted by molar-refractivity contribution is -0.160. The van der Waals surface area contributed by atoms with Gasteiger partial charge in [-0.2, -0.15) is 0 Å². The summed E-state index contributed by atoms with van der Waals surface area (Å²) in [7, 11) is 6.22. The van der Waals surface area contributed by atoms with E-state index in [0.717, 1.165) is 40.7 Å². The SMILES string of the molecule is CC[C@H](C)[C@H](NC(=O)OCC1c2ccccc2-c2ccccc21)C(=O)N(C)[C@H](C(=O)N(C)[C@@H](CC(=O)OC(c1ccccc1)(c1ccc(C)cc1)c1ccccc1Cl)C(=O)N(C)C)C1CCCC1. The third kappa shape index (κ3) is 10.2. The van der Waals surface area contributed by atoms with Gasteiger partial charge in [-0.25, -0.2) is 4.79 Å². The standard InChI is InChI=1S/C56H63ClN4O7/c1-8-37(3)50(58-55(66)67-35-45-43-26-16-14-24-41(43)42-25-15-17-27-44(42)45)53(64)61(7)51(38-20-12-13-21-38)54(65)60(6)48(52(63)59(4)5)34-49(62)68-56(39-22-10-9-11-23-39,40-32-30-36(2)31-33-40)46-28-18-19-29-47(46)57/h9-11,14-19,22-33,37-38,45,48,50-51H,8,12-13,20-21,34-35H2,1-7H3,(H,58,66)/t37-,48-,50-,51-,56?/m0/s1. The number of fused-ring (bicyclic) bond motifs is 3. The van der Waals surface area contributed by atoms with Gasteiger partial charge in [0.25, 0.3) is 0 Å². The van der Waals surface area contributed by atoms with Crippen molar-refractivity contribution >= 4 is 41.4 Å². The van der Waals surface area contributed by atoms with Crippen molar-refractivity contribution in [2.75, 3.05) is 34.8 Å². The molecule has 1 N–H and O–H groups in total. The first-order valence-corrected chi connectivity index (χ1v) is 24.0. The van der Waals surface area contributed by atoms with Gasteiger partial charge in [-0.05, 0) is 59.9 Å². The largest absolute Gasteiger partial charge is 0.449 e. The van der Waals surface area contributed by atoms with E-state index in [-0.39, 0.29) is 24.4 Å². The summed E-state index contributed by atoms with van der Waals surface area (Å²) in [6, 6.07) is 37.0. The van der Waals surface area contributed by atoms with Crippen molar-refractivity contribution in [3.8, 4) is 11.1 Å². The van der Waals surface area contributed by atoms with Gasteiger partial charge in [-0.1, -0.05) is 172 Å². The van der Waals surface area contributed by atoms with Crippen molar-refractivity contribution in [2.24, 2.45) is 11.8 Å². The highest BCUT2D eigenvalue weighted by molar-refractivity contribution is 6.31. The molecule has 11 nitrogen and oxygen atoms in total. The van der Waals surface area contributed by atoms with Crippen LogP contribution in [0.3, 0.4) is 0 Å². The van der Waals surface area contributed by atoms with Crippen molar-refractivity contribution in [3.63, 3.8) is 0 Å². The molecule has 68 heavy (non-hydrogen) atoms. The van der Waals surface area contributed by atoms with Crippen LogP contribution in [-0.2, 0) is 34.3 Å². The van der Waals surface area contributed by atoms with Crippen LogP contribution in [0.25, 0.3) is 11.1 Å². The fourth-order valence-electron chi connectivity index (χ4n) is 10.0. The van der Waals surface area contributed by atoms with Crippen LogP contribution in [0.1, 0.15) is 91.7 Å². The monoisotopic (exact) mass is 938 g/mol. The zero-order valence-corrected chi connectivity index (χ0v) is 40.9. The van der Waals surface area contributed by atoms with Crippen molar-refractivity contribution in [1.29, 1.82) is 0 Å². The number of benzene rings is 5. The maximum absolute atomic E-state index is 15.2. The Morgan fingerprint density at radius 2 is 1.26 bits per heavy atom. The zero-order valence-electron chi connectivity index (χ0n) is 40.1. The summed E-state index contributed by atoms with van der Waals surface area (Å²) in [5, 5.41) is 3.25. The van der Waals surface area contributed by atoms with Gasteiger partial charge < -0.3 is 29.5 Å². The molecule has 5 atom stereocenters. The molecule has 356 valence electrons. The van der Waals surface area contributed by atoms with E-state index in [4.69, 9.17) is 21.1 Å². The molecule has 2 aliphatic rings. The Bertz CT molecular complexity index is 2550. The number of alkyl carbamates (subject to hydrolysis) is 1. The third-order valence-electron chi connectivity index (χ3n) is 14.0. The van der Waals surface area contributed by atoms with Gasteiger partial charge in [0.1, 0.15) is 24.7 Å². The van der Waals surface area contributed by atoms with Crippen LogP contribution in [-0.4, -0.2) is 97.4 Å². The molecule has 1 unspecified atom stereocenters. The van der Waals surface area contributed by atoms with Crippen LogP contribution in [0.5, 0.6) is 0 Å². The number of nitrogens with one attached hydrogen (secondary N) is 1. The molecule has 1 saturated carbocycles. The van der Waals surface area contributed by atoms with Crippen LogP contribution >= 0.6 is 11.6 Å². The van der Waals surface area contributed by atoms with E-state index in [1.807, 2.05) is 124 Å². The minimum Gasteiger partial charge on any atom is -0.449 e. The van der Waals surface area contributed by atoms with Crippen molar-refractivity contribution < 1.29 is 33.4 Å². The number of hydrogen-bond acceptors (Lipinski definition) is 7. The summed E-state index contributed by atoms with van der Waals surface area (Å²) in [5.74, 6) is -2.92. The van der Waals surface area contributed by atoms with Crippen molar-refractivity contribution in [3.05, 3.63) is 166 Å². The Morgan fingerprint density at radius 3 is 1.85 bits per heavy atom. The lowest BCUT2D eigenvalue weighted by Crippen LogP contribution is -2.60. The maximum atomic E-state index is 15.2. The Balaban J connectivity index is 1.15. The van der Waals surface area contributed by atoms with Gasteiger partial charge in [-0.15, -0.1) is 0 Å². The second-order valence-electron chi connectivity index (χ2n) is 18.5. The van der Waals surface area contributed by atoms with Gasteiger partial charge in [0.2, 0.25) is 17.7 Å². The Kier molecular flexibility index (Phi) is 15.7. The molecular formula is C56H63ClN4O7. The molecular weight excluding hydrogens is 876 g/mol. The number of amides is 4. The number of carbonyl (C=O) groups excluding carboxylic acids is 5. The summed E-state index contributed by atoms with van der Waals surface area (Å²) in [5.41, 5.74) is 5.60. The summed E-state index contributed by atoms with van der Waals surface area (Å²) in [6.45, 7) is 5.86. The van der Waals surface area contributed by atoms with E-state index in [1.54, 1.807) is 33.3 Å². The third-order valence-corrected chi connectivity index (χ3v) is 14.3. The number of esters is 1. The van der Waals surface area contributed by atoms with Crippen molar-refractivity contribution in [2.45, 2.75) is 88.9 Å². The Morgan fingerprint density at radius 1 is 0.706 bits per heavy atom. The number of carbonyl (C=O) groups is 5. The molecule has 2 aliphatic carbocycles. The average Bonchev–Trinajstić information content (AvgIpc) is 4.00. The molecule has 5 aromatic rings. The van der Waals surface area contributed by atoms with Crippen LogP contribution in [0.2, 0.25) is 5.02 Å². The first kappa shape index (κ1) is 49.4. The molecule has 0 bridgehead atoms. The van der Waals surface area contributed by atoms with Crippen LogP contribution in [0.15, 0.2) is 127 Å². The minimum atomic E-state index is -1.54. The molecule has 7 rings (SSSR count). The van der Waals surface area contributed by atoms with E-state index in [9.17, 15) is 19.2 Å². The van der Waals surface area contributed by atoms with Gasteiger partial charge in [-0.3, -0.25) is 19.2 Å². The van der Waals surface area contributed by atoms with Gasteiger partial charge in [0.05, 0.1) is 6.42 Å². The van der Waals surface area contributed by atoms with E-state index in [1.165, 1.54) is 21.7 Å². The maximum Gasteiger partial charge on any atom is 0.407 e. The number of nitrogens with zero attached hydrogens (tertiary/aromatic N) is 3. The minimum absolute atomic E-state index is 0.0741. The Labute approximate surface area is 405 Å². The summed E-state index contributed by atoms with van der Waals surface area (Å²) in [4.78, 5) is 76.8. The number of aryl methyl sites for hydroxylation is 1. The highest BCUT2D eigenvalue weighted by Crippen LogP contribution is 2.46. The van der Waals surface area contributed by atoms with Gasteiger partial charge in [0, 0.05) is 55.8 Å². The summed E-state index contributed by atoms with van der Waals surface area (Å²) in [6.07, 6.45) is 2.40. The first-order valence-electron chi connectivity index (χ1n) is 23.6. The normalized spacial score (nSPS) is 15.9. The average molecular weight is 940 g/mol. The van der Waals surface area contributed by atoms with E-state index in [0.29, 0.717) is 41.0 Å². The zero-order chi connectivity index (χ0) is 48.7. The molecule has 12 heteroatoms. The number of halogens is 1. The molecule has 5 aromatic carbocycles. The predicted octanol–water partition coefficient (Wildman–Crippen LogP) is 9.76. The molecule has 0 heterocycles. The number of likely N-dealkylation sites (N-methyl/N-ethyl adjacent to an activating group) is 3. The lowest BCUT2D eigenvalue weighted by atomic mass is 9.79. The van der Waals surface area contributed by atoms with Gasteiger partial charge >= 0.3 is 12.1 Å². The fourth-order valence-corrected chi connectivity index (χ4v) is 10.3. The van der Waals surface area contributed by atoms with Gasteiger partial charge in [0.15, 0.2) is 5.60 Å². The Hall–Kier alpha value is -6.46. The fraction of sp³-hybridized carbons (Fsp3) is 0.375. The highest BCUT2D eigenvalue weighted by Gasteiger charge is 2.46. The first-order chi connectivity index (χ1) is 32.7. The molecule has 1 fully saturated rings. The molecule has 0 radical (unpaired) electrons. The smallest absolute Gasteiger partial charge is 0.407 e. The van der Waals surface area contributed by atoms with Crippen LogP contribution < -0.4 is 5.32 Å². The quantitative estimate of drug-likeness (QED) is 0.0727. The topological polar surface area (TPSA) is 126 Å². The van der Waals surface area contributed by atoms with E-state index >= 15 is 4.79 Å². The molecule has 0 aromatic heterocycles. The van der Waals surface area contributed by atoms with E-state index < -0.39 is 59.9 Å². The number of rotatable bonds is 17. The summed E-state index contributed by atoms with van der Waals surface area (Å²) < 4.78 is 12.6. The van der Waals surface area contributed by atoms with Crippen LogP contribution in [0, 0.1) is 18.8 Å². The summed E-state index contributed by atoms with van der Waals surface area (Å²) >= 11 is 6.95.